The van der Waals surface area contributed by atoms with E-state index in [1.165, 1.54) is 17.5 Å². The minimum Gasteiger partial charge on any atom is -0.617 e. The molecular weight excluding hydrogens is 341 g/mol. The lowest BCUT2D eigenvalue weighted by Crippen LogP contribution is -2.30. The third kappa shape index (κ3) is 2.58. The summed E-state index contributed by atoms with van der Waals surface area (Å²) in [5, 5.41) is 43.0. The number of hydrogen-bond acceptors (Lipinski definition) is 7. The van der Waals surface area contributed by atoms with Crippen LogP contribution in [0.15, 0.2) is 35.8 Å². The van der Waals surface area contributed by atoms with Crippen LogP contribution >= 0.6 is 11.3 Å². The van der Waals surface area contributed by atoms with Gasteiger partial charge >= 0.3 is 11.6 Å². The molecule has 0 fully saturated rings. The fourth-order valence-corrected chi connectivity index (χ4v) is 2.89. The summed E-state index contributed by atoms with van der Waals surface area (Å²) in [6.45, 7) is 0. The van der Waals surface area contributed by atoms with Crippen LogP contribution in [0.3, 0.4) is 0 Å². The Morgan fingerprint density at radius 1 is 1.33 bits per heavy atom. The van der Waals surface area contributed by atoms with Crippen LogP contribution in [0, 0.1) is 21.3 Å². The minimum atomic E-state index is -1.02. The number of nitro benzene ring substituents is 1. The van der Waals surface area contributed by atoms with E-state index < -0.39 is 28.1 Å². The van der Waals surface area contributed by atoms with Crippen molar-refractivity contribution in [2.24, 2.45) is 0 Å². The molecule has 0 spiro atoms. The van der Waals surface area contributed by atoms with Crippen molar-refractivity contribution in [3.05, 3.63) is 57.1 Å². The zero-order chi connectivity index (χ0) is 17.4. The van der Waals surface area contributed by atoms with Gasteiger partial charge < -0.3 is 15.4 Å². The van der Waals surface area contributed by atoms with Gasteiger partial charge in [-0.1, -0.05) is 0 Å². The quantitative estimate of drug-likeness (QED) is 0.187. The van der Waals surface area contributed by atoms with E-state index in [9.17, 15) is 29.9 Å². The van der Waals surface area contributed by atoms with Gasteiger partial charge in [0, 0.05) is 23.1 Å². The minimum absolute atomic E-state index is 0.0127. The molecular formula is C14H8FN3O5S. The molecule has 0 atom stereocenters. The number of aromatic hydroxyl groups is 2. The molecule has 0 unspecified atom stereocenters. The van der Waals surface area contributed by atoms with Crippen molar-refractivity contribution in [3.63, 3.8) is 0 Å². The first kappa shape index (κ1) is 15.6. The number of benzene rings is 1. The first-order valence-corrected chi connectivity index (χ1v) is 7.30. The molecule has 0 saturated carbocycles. The number of phenols is 2. The average Bonchev–Trinajstić information content (AvgIpc) is 3.02. The van der Waals surface area contributed by atoms with Crippen LogP contribution in [-0.2, 0) is 0 Å². The van der Waals surface area contributed by atoms with Crippen molar-refractivity contribution in [2.45, 2.75) is 0 Å². The normalized spacial score (nSPS) is 10.7. The molecule has 2 heterocycles. The number of pyridine rings is 1. The van der Waals surface area contributed by atoms with Crippen LogP contribution in [-0.4, -0.2) is 20.1 Å². The SMILES string of the molecule is O=[N+]([O-])c1cc(-c2csc(-c3ccc[n+]([O-])c3F)n2)cc(O)c1O. The summed E-state index contributed by atoms with van der Waals surface area (Å²) in [6.07, 6.45) is 1.01. The lowest BCUT2D eigenvalue weighted by molar-refractivity contribution is -0.636. The van der Waals surface area contributed by atoms with E-state index in [0.29, 0.717) is 0 Å². The third-order valence-corrected chi connectivity index (χ3v) is 4.07. The van der Waals surface area contributed by atoms with Gasteiger partial charge in [0.15, 0.2) is 11.9 Å². The summed E-state index contributed by atoms with van der Waals surface area (Å²) in [5.41, 5.74) is -0.288. The Hall–Kier alpha value is -3.27. The number of halogens is 1. The predicted molar refractivity (Wildman–Crippen MR) is 81.9 cm³/mol. The Balaban J connectivity index is 2.09. The first-order chi connectivity index (χ1) is 11.4. The molecule has 0 radical (unpaired) electrons. The van der Waals surface area contributed by atoms with Gasteiger partial charge in [-0.3, -0.25) is 10.1 Å². The lowest BCUT2D eigenvalue weighted by atomic mass is 10.1. The fraction of sp³-hybridized carbons (Fsp3) is 0. The molecule has 2 N–H and O–H groups in total. The number of nitro groups is 1. The van der Waals surface area contributed by atoms with Gasteiger partial charge in [-0.25, -0.2) is 4.98 Å². The Morgan fingerprint density at radius 2 is 2.08 bits per heavy atom. The van der Waals surface area contributed by atoms with Crippen molar-refractivity contribution in [1.29, 1.82) is 0 Å². The average molecular weight is 349 g/mol. The van der Waals surface area contributed by atoms with Crippen LogP contribution < -0.4 is 4.73 Å². The van der Waals surface area contributed by atoms with E-state index in [1.807, 2.05) is 0 Å². The largest absolute Gasteiger partial charge is 0.617 e. The monoisotopic (exact) mass is 349 g/mol. The number of rotatable bonds is 3. The molecule has 8 nitrogen and oxygen atoms in total. The highest BCUT2D eigenvalue weighted by Crippen LogP contribution is 2.40. The fourth-order valence-electron chi connectivity index (χ4n) is 2.05. The Morgan fingerprint density at radius 3 is 2.79 bits per heavy atom. The zero-order valence-electron chi connectivity index (χ0n) is 11.7. The van der Waals surface area contributed by atoms with Crippen LogP contribution in [0.4, 0.5) is 10.1 Å². The Labute approximate surface area is 137 Å². The van der Waals surface area contributed by atoms with Crippen molar-refractivity contribution in [2.75, 3.05) is 0 Å². The maximum absolute atomic E-state index is 13.8. The molecule has 0 aliphatic heterocycles. The van der Waals surface area contributed by atoms with Crippen molar-refractivity contribution < 1.29 is 24.3 Å². The maximum Gasteiger partial charge on any atom is 0.381 e. The van der Waals surface area contributed by atoms with Crippen LogP contribution in [0.5, 0.6) is 11.5 Å². The number of phenolic OH excluding ortho intramolecular Hbond substituents is 2. The highest BCUT2D eigenvalue weighted by molar-refractivity contribution is 7.13. The molecule has 24 heavy (non-hydrogen) atoms. The lowest BCUT2D eigenvalue weighted by Gasteiger charge is -2.03. The molecule has 122 valence electrons. The highest BCUT2D eigenvalue weighted by atomic mass is 32.1. The van der Waals surface area contributed by atoms with Gasteiger partial charge in [0.25, 0.3) is 0 Å². The number of aromatic nitrogens is 2. The second kappa shape index (κ2) is 5.74. The molecule has 3 aromatic rings. The topological polar surface area (TPSA) is 123 Å². The molecule has 2 aromatic heterocycles. The standard InChI is InChI=1S/C14H8FN3O5S/c15-13-8(2-1-3-17(13)21)14-16-9(6-24-14)7-4-10(18(22)23)12(20)11(19)5-7/h1-6,19-20H. The van der Waals surface area contributed by atoms with Crippen LogP contribution in [0.2, 0.25) is 0 Å². The van der Waals surface area contributed by atoms with Crippen LogP contribution in [0.1, 0.15) is 0 Å². The Bertz CT molecular complexity index is 960. The Kier molecular flexibility index (Phi) is 3.73. The third-order valence-electron chi connectivity index (χ3n) is 3.20. The van der Waals surface area contributed by atoms with Gasteiger partial charge in [0.05, 0.1) is 10.6 Å². The molecule has 0 saturated heterocycles. The molecule has 1 aromatic carbocycles. The second-order valence-corrected chi connectivity index (χ2v) is 5.55. The maximum atomic E-state index is 13.8. The van der Waals surface area contributed by atoms with E-state index in [-0.39, 0.29) is 26.6 Å². The predicted octanol–water partition coefficient (Wildman–Crippen LogP) is 2.57. The van der Waals surface area contributed by atoms with E-state index in [4.69, 9.17) is 0 Å². The van der Waals surface area contributed by atoms with Gasteiger partial charge in [0.2, 0.25) is 5.75 Å². The van der Waals surface area contributed by atoms with Crippen molar-refractivity contribution in [1.82, 2.24) is 4.98 Å². The summed E-state index contributed by atoms with van der Waals surface area (Å²) in [4.78, 5) is 14.2. The summed E-state index contributed by atoms with van der Waals surface area (Å²) in [5.74, 6) is -2.53. The first-order valence-electron chi connectivity index (χ1n) is 6.43. The van der Waals surface area contributed by atoms with E-state index >= 15 is 0 Å². The molecule has 0 bridgehead atoms. The van der Waals surface area contributed by atoms with Gasteiger partial charge in [0.1, 0.15) is 10.6 Å². The van der Waals surface area contributed by atoms with Gasteiger partial charge in [-0.05, 0) is 12.1 Å². The molecule has 10 heteroatoms. The van der Waals surface area contributed by atoms with E-state index in [0.717, 1.165) is 29.7 Å². The smallest absolute Gasteiger partial charge is 0.381 e. The summed E-state index contributed by atoms with van der Waals surface area (Å²) in [7, 11) is 0. The summed E-state index contributed by atoms with van der Waals surface area (Å²) >= 11 is 1.03. The van der Waals surface area contributed by atoms with Gasteiger partial charge in [-0.2, -0.15) is 0 Å². The number of nitrogens with zero attached hydrogens (tertiary/aromatic N) is 3. The number of thiazole rings is 1. The van der Waals surface area contributed by atoms with E-state index in [1.54, 1.807) is 0 Å². The molecule has 0 aliphatic carbocycles. The van der Waals surface area contributed by atoms with Crippen LogP contribution in [0.25, 0.3) is 21.8 Å². The molecule has 0 amide bonds. The summed E-state index contributed by atoms with van der Waals surface area (Å²) < 4.78 is 13.9. The highest BCUT2D eigenvalue weighted by Gasteiger charge is 2.22. The van der Waals surface area contributed by atoms with E-state index in [2.05, 4.69) is 4.98 Å². The van der Waals surface area contributed by atoms with Gasteiger partial charge in [-0.15, -0.1) is 20.5 Å². The van der Waals surface area contributed by atoms with Crippen molar-refractivity contribution in [3.8, 4) is 33.3 Å². The number of hydrogen-bond donors (Lipinski definition) is 2. The molecule has 3 rings (SSSR count). The summed E-state index contributed by atoms with van der Waals surface area (Å²) in [6, 6.07) is 4.89. The molecule has 0 aliphatic rings. The second-order valence-electron chi connectivity index (χ2n) is 4.70. The zero-order valence-corrected chi connectivity index (χ0v) is 12.5. The van der Waals surface area contributed by atoms with Crippen molar-refractivity contribution >= 4 is 17.0 Å².